The van der Waals surface area contributed by atoms with Crippen LogP contribution in [0.15, 0.2) is 0 Å². The highest BCUT2D eigenvalue weighted by molar-refractivity contribution is 5.73. The van der Waals surface area contributed by atoms with Crippen LogP contribution >= 0.6 is 0 Å². The van der Waals surface area contributed by atoms with Crippen molar-refractivity contribution in [3.05, 3.63) is 0 Å². The highest BCUT2D eigenvalue weighted by Gasteiger charge is 2.31. The van der Waals surface area contributed by atoms with Gasteiger partial charge >= 0.3 is 0 Å². The SMILES string of the molecule is CC.CC(=O)N1CCN(C2CN(C)C2)CC1. The van der Waals surface area contributed by atoms with Crippen LogP contribution < -0.4 is 0 Å². The average molecular weight is 227 g/mol. The Morgan fingerprint density at radius 1 is 1.06 bits per heavy atom. The molecule has 16 heavy (non-hydrogen) atoms. The summed E-state index contributed by atoms with van der Waals surface area (Å²) in [6.07, 6.45) is 0. The standard InChI is InChI=1S/C10H19N3O.C2H6/c1-9(14)12-3-5-13(6-4-12)10-7-11(2)8-10;1-2/h10H,3-8H2,1-2H3;1-2H3. The number of likely N-dealkylation sites (tertiary alicyclic amines) is 1. The predicted molar refractivity (Wildman–Crippen MR) is 66.5 cm³/mol. The Balaban J connectivity index is 0.000000606. The molecule has 2 fully saturated rings. The number of piperazine rings is 1. The van der Waals surface area contributed by atoms with Gasteiger partial charge in [0.1, 0.15) is 0 Å². The molecule has 4 heteroatoms. The minimum Gasteiger partial charge on any atom is -0.340 e. The summed E-state index contributed by atoms with van der Waals surface area (Å²) in [4.78, 5) is 17.9. The quantitative estimate of drug-likeness (QED) is 0.652. The molecule has 94 valence electrons. The molecular weight excluding hydrogens is 202 g/mol. The minimum absolute atomic E-state index is 0.218. The lowest BCUT2D eigenvalue weighted by Crippen LogP contribution is -2.62. The van der Waals surface area contributed by atoms with E-state index in [2.05, 4.69) is 16.8 Å². The Morgan fingerprint density at radius 3 is 1.94 bits per heavy atom. The summed E-state index contributed by atoms with van der Waals surface area (Å²) in [5.41, 5.74) is 0. The first-order chi connectivity index (χ1) is 7.66. The molecule has 1 amide bonds. The second-order valence-corrected chi connectivity index (χ2v) is 4.42. The van der Waals surface area contributed by atoms with Gasteiger partial charge in [0.05, 0.1) is 0 Å². The molecule has 0 N–H and O–H groups in total. The fourth-order valence-corrected chi connectivity index (χ4v) is 2.30. The van der Waals surface area contributed by atoms with E-state index >= 15 is 0 Å². The lowest BCUT2D eigenvalue weighted by Gasteiger charge is -2.46. The van der Waals surface area contributed by atoms with Crippen molar-refractivity contribution in [2.24, 2.45) is 0 Å². The van der Waals surface area contributed by atoms with Gasteiger partial charge < -0.3 is 9.80 Å². The van der Waals surface area contributed by atoms with Crippen LogP contribution in [0, 0.1) is 0 Å². The van der Waals surface area contributed by atoms with Crippen LogP contribution in [-0.2, 0) is 4.79 Å². The summed E-state index contributed by atoms with van der Waals surface area (Å²) in [7, 11) is 2.16. The topological polar surface area (TPSA) is 26.8 Å². The third-order valence-electron chi connectivity index (χ3n) is 3.32. The summed E-state index contributed by atoms with van der Waals surface area (Å²) < 4.78 is 0. The zero-order valence-corrected chi connectivity index (χ0v) is 11.1. The Bertz CT molecular complexity index is 218. The maximum Gasteiger partial charge on any atom is 0.219 e. The first-order valence-electron chi connectivity index (χ1n) is 6.35. The lowest BCUT2D eigenvalue weighted by atomic mass is 10.1. The molecule has 0 radical (unpaired) electrons. The van der Waals surface area contributed by atoms with E-state index in [0.29, 0.717) is 0 Å². The van der Waals surface area contributed by atoms with Gasteiger partial charge in [-0.15, -0.1) is 0 Å². The fraction of sp³-hybridized carbons (Fsp3) is 0.917. The number of amides is 1. The van der Waals surface area contributed by atoms with Gasteiger partial charge in [0.15, 0.2) is 0 Å². The highest BCUT2D eigenvalue weighted by Crippen LogP contribution is 2.14. The molecule has 2 rings (SSSR count). The number of hydrogen-bond donors (Lipinski definition) is 0. The second-order valence-electron chi connectivity index (χ2n) is 4.42. The summed E-state index contributed by atoms with van der Waals surface area (Å²) in [5.74, 6) is 0.218. The van der Waals surface area contributed by atoms with Gasteiger partial charge in [-0.2, -0.15) is 0 Å². The van der Waals surface area contributed by atoms with Gasteiger partial charge in [-0.3, -0.25) is 9.69 Å². The summed E-state index contributed by atoms with van der Waals surface area (Å²) in [6.45, 7) is 12.0. The van der Waals surface area contributed by atoms with Crippen molar-refractivity contribution in [2.75, 3.05) is 46.3 Å². The number of carbonyl (C=O) groups excluding carboxylic acids is 1. The van der Waals surface area contributed by atoms with Gasteiger partial charge in [-0.1, -0.05) is 13.8 Å². The van der Waals surface area contributed by atoms with Crippen molar-refractivity contribution in [1.82, 2.24) is 14.7 Å². The molecule has 0 atom stereocenters. The Morgan fingerprint density at radius 2 is 1.56 bits per heavy atom. The van der Waals surface area contributed by atoms with Crippen LogP contribution in [-0.4, -0.2) is 73.0 Å². The van der Waals surface area contributed by atoms with E-state index in [4.69, 9.17) is 0 Å². The fourth-order valence-electron chi connectivity index (χ4n) is 2.30. The molecule has 0 bridgehead atoms. The number of nitrogens with zero attached hydrogens (tertiary/aromatic N) is 3. The molecule has 0 unspecified atom stereocenters. The van der Waals surface area contributed by atoms with E-state index in [0.717, 1.165) is 32.2 Å². The maximum atomic E-state index is 11.1. The van der Waals surface area contributed by atoms with E-state index in [9.17, 15) is 4.79 Å². The second kappa shape index (κ2) is 6.21. The zero-order chi connectivity index (χ0) is 12.1. The molecule has 2 aliphatic rings. The number of likely N-dealkylation sites (N-methyl/N-ethyl adjacent to an activating group) is 1. The van der Waals surface area contributed by atoms with E-state index in [1.54, 1.807) is 6.92 Å². The zero-order valence-electron chi connectivity index (χ0n) is 11.1. The van der Waals surface area contributed by atoms with E-state index in [1.807, 2.05) is 18.7 Å². The molecular formula is C12H25N3O. The van der Waals surface area contributed by atoms with Crippen LogP contribution in [0.25, 0.3) is 0 Å². The van der Waals surface area contributed by atoms with Gasteiger partial charge in [-0.25, -0.2) is 0 Å². The molecule has 0 aromatic carbocycles. The van der Waals surface area contributed by atoms with E-state index in [1.165, 1.54) is 13.1 Å². The molecule has 2 heterocycles. The summed E-state index contributed by atoms with van der Waals surface area (Å²) in [6, 6.07) is 0.745. The van der Waals surface area contributed by atoms with Crippen LogP contribution in [0.4, 0.5) is 0 Å². The average Bonchev–Trinajstić information content (AvgIpc) is 2.28. The van der Waals surface area contributed by atoms with Gasteiger partial charge in [0.25, 0.3) is 0 Å². The molecule has 0 spiro atoms. The van der Waals surface area contributed by atoms with Crippen LogP contribution in [0.5, 0.6) is 0 Å². The lowest BCUT2D eigenvalue weighted by molar-refractivity contribution is -0.131. The van der Waals surface area contributed by atoms with Crippen LogP contribution in [0.2, 0.25) is 0 Å². The Hall–Kier alpha value is -0.610. The largest absolute Gasteiger partial charge is 0.340 e. The smallest absolute Gasteiger partial charge is 0.219 e. The monoisotopic (exact) mass is 227 g/mol. The third-order valence-corrected chi connectivity index (χ3v) is 3.32. The summed E-state index contributed by atoms with van der Waals surface area (Å²) >= 11 is 0. The van der Waals surface area contributed by atoms with Gasteiger partial charge in [-0.05, 0) is 7.05 Å². The van der Waals surface area contributed by atoms with Crippen molar-refractivity contribution in [3.63, 3.8) is 0 Å². The molecule has 0 aliphatic carbocycles. The number of hydrogen-bond acceptors (Lipinski definition) is 3. The van der Waals surface area contributed by atoms with Crippen LogP contribution in [0.1, 0.15) is 20.8 Å². The first kappa shape index (κ1) is 13.5. The van der Waals surface area contributed by atoms with Crippen molar-refractivity contribution < 1.29 is 4.79 Å². The Kier molecular flexibility index (Phi) is 5.22. The van der Waals surface area contributed by atoms with Crippen molar-refractivity contribution in [3.8, 4) is 0 Å². The molecule has 0 aromatic rings. The summed E-state index contributed by atoms with van der Waals surface area (Å²) in [5, 5.41) is 0. The molecule has 2 saturated heterocycles. The van der Waals surface area contributed by atoms with E-state index < -0.39 is 0 Å². The van der Waals surface area contributed by atoms with Crippen LogP contribution in [0.3, 0.4) is 0 Å². The van der Waals surface area contributed by atoms with Crippen molar-refractivity contribution in [1.29, 1.82) is 0 Å². The maximum absolute atomic E-state index is 11.1. The highest BCUT2D eigenvalue weighted by atomic mass is 16.2. The third kappa shape index (κ3) is 3.19. The van der Waals surface area contributed by atoms with Crippen molar-refractivity contribution >= 4 is 5.91 Å². The number of carbonyl (C=O) groups is 1. The van der Waals surface area contributed by atoms with E-state index in [-0.39, 0.29) is 5.91 Å². The molecule has 0 aromatic heterocycles. The van der Waals surface area contributed by atoms with Gasteiger partial charge in [0.2, 0.25) is 5.91 Å². The minimum atomic E-state index is 0.218. The van der Waals surface area contributed by atoms with Crippen molar-refractivity contribution in [2.45, 2.75) is 26.8 Å². The predicted octanol–water partition coefficient (Wildman–Crippen LogP) is 0.491. The molecule has 4 nitrogen and oxygen atoms in total. The number of rotatable bonds is 1. The molecule has 2 aliphatic heterocycles. The Labute approximate surface area is 99.2 Å². The molecule has 0 saturated carbocycles. The first-order valence-corrected chi connectivity index (χ1v) is 6.35. The normalized spacial score (nSPS) is 23.4. The van der Waals surface area contributed by atoms with Gasteiger partial charge in [0, 0.05) is 52.2 Å².